The molecule has 0 radical (unpaired) electrons. The third-order valence-corrected chi connectivity index (χ3v) is 3.01. The van der Waals surface area contributed by atoms with Crippen molar-refractivity contribution in [2.45, 2.75) is 38.5 Å². The normalized spacial score (nSPS) is 10.8. The molecule has 0 unspecified atom stereocenters. The maximum atomic E-state index is 3.10. The summed E-state index contributed by atoms with van der Waals surface area (Å²) in [6.45, 7) is 0. The van der Waals surface area contributed by atoms with Gasteiger partial charge in [-0.3, -0.25) is 0 Å². The van der Waals surface area contributed by atoms with Crippen LogP contribution in [0.3, 0.4) is 0 Å². The summed E-state index contributed by atoms with van der Waals surface area (Å²) in [5.41, 5.74) is 2.87. The molecule has 16 heavy (non-hydrogen) atoms. The molecular weight excluding hydrogens is 196 g/mol. The highest BCUT2D eigenvalue weighted by atomic mass is 14.6. The second-order valence-corrected chi connectivity index (χ2v) is 4.35. The molecule has 0 aliphatic heterocycles. The number of aromatic nitrogens is 2. The number of aryl methyl sites for hydroxylation is 2. The molecule has 2 N–H and O–H groups in total. The van der Waals surface area contributed by atoms with E-state index in [-0.39, 0.29) is 0 Å². The Labute approximate surface area is 97.1 Å². The number of hydrogen-bond donors (Lipinski definition) is 2. The predicted molar refractivity (Wildman–Crippen MR) is 67.5 cm³/mol. The second-order valence-electron chi connectivity index (χ2n) is 4.35. The van der Waals surface area contributed by atoms with E-state index < -0.39 is 0 Å². The topological polar surface area (TPSA) is 31.6 Å². The zero-order chi connectivity index (χ0) is 11.1. The minimum atomic E-state index is 1.22. The van der Waals surface area contributed by atoms with Gasteiger partial charge in [-0.25, -0.2) is 0 Å². The molecular formula is C14H20N2. The molecule has 0 amide bonds. The number of unbranched alkanes of at least 4 members (excludes halogenated alkanes) is 3. The van der Waals surface area contributed by atoms with Gasteiger partial charge in [0.05, 0.1) is 0 Å². The molecule has 2 aromatic rings. The lowest BCUT2D eigenvalue weighted by atomic mass is 10.1. The van der Waals surface area contributed by atoms with Gasteiger partial charge in [0.15, 0.2) is 0 Å². The van der Waals surface area contributed by atoms with Crippen molar-refractivity contribution in [3.05, 3.63) is 48.0 Å². The molecule has 2 rings (SSSR count). The predicted octanol–water partition coefficient (Wildman–Crippen LogP) is 3.69. The molecule has 0 aliphatic rings. The van der Waals surface area contributed by atoms with Crippen LogP contribution in [0.15, 0.2) is 36.9 Å². The Kier molecular flexibility index (Phi) is 4.29. The van der Waals surface area contributed by atoms with Crippen LogP contribution in [0, 0.1) is 0 Å². The fraction of sp³-hybridized carbons (Fsp3) is 0.429. The van der Waals surface area contributed by atoms with Crippen molar-refractivity contribution in [3.8, 4) is 0 Å². The molecule has 2 aromatic heterocycles. The highest BCUT2D eigenvalue weighted by Crippen LogP contribution is 2.09. The van der Waals surface area contributed by atoms with Crippen LogP contribution in [0.1, 0.15) is 36.8 Å². The Hall–Kier alpha value is -1.44. The Morgan fingerprint density at radius 2 is 1.19 bits per heavy atom. The van der Waals surface area contributed by atoms with Gasteiger partial charge in [0, 0.05) is 24.8 Å². The number of hydrogen-bond acceptors (Lipinski definition) is 0. The number of nitrogens with one attached hydrogen (secondary N) is 2. The molecule has 2 nitrogen and oxygen atoms in total. The van der Waals surface area contributed by atoms with Crippen molar-refractivity contribution in [2.24, 2.45) is 0 Å². The first kappa shape index (κ1) is 11.1. The van der Waals surface area contributed by atoms with Crippen LogP contribution in [0.4, 0.5) is 0 Å². The van der Waals surface area contributed by atoms with Crippen molar-refractivity contribution in [1.82, 2.24) is 9.97 Å². The van der Waals surface area contributed by atoms with Crippen LogP contribution in [-0.4, -0.2) is 9.97 Å². The molecule has 0 spiro atoms. The molecule has 0 saturated carbocycles. The molecule has 2 heterocycles. The summed E-state index contributed by atoms with van der Waals surface area (Å²) in [5, 5.41) is 0. The first-order valence-corrected chi connectivity index (χ1v) is 6.18. The first-order chi connectivity index (χ1) is 7.95. The molecule has 0 fully saturated rings. The summed E-state index contributed by atoms with van der Waals surface area (Å²) >= 11 is 0. The lowest BCUT2D eigenvalue weighted by molar-refractivity contribution is 0.641. The number of aromatic amines is 2. The van der Waals surface area contributed by atoms with Gasteiger partial charge >= 0.3 is 0 Å². The minimum Gasteiger partial charge on any atom is -0.367 e. The van der Waals surface area contributed by atoms with Crippen LogP contribution in [0.2, 0.25) is 0 Å². The highest BCUT2D eigenvalue weighted by Gasteiger charge is 1.95. The molecule has 86 valence electrons. The van der Waals surface area contributed by atoms with E-state index in [9.17, 15) is 0 Å². The van der Waals surface area contributed by atoms with E-state index in [2.05, 4.69) is 34.5 Å². The van der Waals surface area contributed by atoms with E-state index in [0.29, 0.717) is 0 Å². The molecule has 0 saturated heterocycles. The van der Waals surface area contributed by atoms with Gasteiger partial charge in [0.2, 0.25) is 0 Å². The van der Waals surface area contributed by atoms with Gasteiger partial charge < -0.3 is 9.97 Å². The zero-order valence-electron chi connectivity index (χ0n) is 9.71. The number of rotatable bonds is 7. The second kappa shape index (κ2) is 6.21. The molecule has 2 heteroatoms. The highest BCUT2D eigenvalue weighted by molar-refractivity contribution is 5.08. The SMILES string of the molecule is c1cc(CCCCCCc2cc[nH]c2)c[nH]1. The smallest absolute Gasteiger partial charge is 0.00373 e. The third kappa shape index (κ3) is 3.61. The third-order valence-electron chi connectivity index (χ3n) is 3.01. The summed E-state index contributed by atoms with van der Waals surface area (Å²) in [5.74, 6) is 0. The monoisotopic (exact) mass is 216 g/mol. The van der Waals surface area contributed by atoms with Crippen molar-refractivity contribution >= 4 is 0 Å². The fourth-order valence-electron chi connectivity index (χ4n) is 2.04. The molecule has 0 aliphatic carbocycles. The summed E-state index contributed by atoms with van der Waals surface area (Å²) in [6, 6.07) is 4.33. The minimum absolute atomic E-state index is 1.22. The van der Waals surface area contributed by atoms with E-state index in [1.54, 1.807) is 0 Å². The number of H-pyrrole nitrogens is 2. The Bertz CT molecular complexity index is 321. The summed E-state index contributed by atoms with van der Waals surface area (Å²) in [7, 11) is 0. The maximum Gasteiger partial charge on any atom is 0.00373 e. The fourth-order valence-corrected chi connectivity index (χ4v) is 2.04. The summed E-state index contributed by atoms with van der Waals surface area (Å²) in [6.07, 6.45) is 15.9. The van der Waals surface area contributed by atoms with Crippen LogP contribution >= 0.6 is 0 Å². The van der Waals surface area contributed by atoms with Gasteiger partial charge in [-0.1, -0.05) is 12.8 Å². The maximum absolute atomic E-state index is 3.10. The lowest BCUT2D eigenvalue weighted by Crippen LogP contribution is -1.86. The van der Waals surface area contributed by atoms with E-state index in [1.807, 2.05) is 12.4 Å². The quantitative estimate of drug-likeness (QED) is 0.662. The summed E-state index contributed by atoms with van der Waals surface area (Å²) < 4.78 is 0. The van der Waals surface area contributed by atoms with Crippen molar-refractivity contribution in [3.63, 3.8) is 0 Å². The van der Waals surface area contributed by atoms with Crippen molar-refractivity contribution in [2.75, 3.05) is 0 Å². The van der Waals surface area contributed by atoms with E-state index in [1.165, 1.54) is 49.7 Å². The van der Waals surface area contributed by atoms with E-state index >= 15 is 0 Å². The zero-order valence-corrected chi connectivity index (χ0v) is 9.71. The first-order valence-electron chi connectivity index (χ1n) is 6.18. The average molecular weight is 216 g/mol. The Morgan fingerprint density at radius 1 is 0.688 bits per heavy atom. The molecule has 0 bridgehead atoms. The standard InChI is InChI=1S/C14H20N2/c1(3-5-13-7-9-15-11-13)2-4-6-14-8-10-16-12-14/h7-12,15-16H,1-6H2. The summed E-state index contributed by atoms with van der Waals surface area (Å²) in [4.78, 5) is 6.19. The van der Waals surface area contributed by atoms with Crippen LogP contribution in [0.25, 0.3) is 0 Å². The van der Waals surface area contributed by atoms with Gasteiger partial charge in [-0.05, 0) is 48.9 Å². The average Bonchev–Trinajstić information content (AvgIpc) is 2.96. The molecule has 0 atom stereocenters. The van der Waals surface area contributed by atoms with Gasteiger partial charge in [-0.15, -0.1) is 0 Å². The van der Waals surface area contributed by atoms with E-state index in [0.717, 1.165) is 0 Å². The van der Waals surface area contributed by atoms with Crippen LogP contribution < -0.4 is 0 Å². The van der Waals surface area contributed by atoms with Gasteiger partial charge in [0.25, 0.3) is 0 Å². The van der Waals surface area contributed by atoms with Crippen molar-refractivity contribution < 1.29 is 0 Å². The van der Waals surface area contributed by atoms with Crippen LogP contribution in [0.5, 0.6) is 0 Å². The van der Waals surface area contributed by atoms with Gasteiger partial charge in [-0.2, -0.15) is 0 Å². The Morgan fingerprint density at radius 3 is 1.56 bits per heavy atom. The van der Waals surface area contributed by atoms with E-state index in [4.69, 9.17) is 0 Å². The Balaban J connectivity index is 1.49. The molecule has 0 aromatic carbocycles. The largest absolute Gasteiger partial charge is 0.367 e. The lowest BCUT2D eigenvalue weighted by Gasteiger charge is -1.99. The van der Waals surface area contributed by atoms with Gasteiger partial charge in [0.1, 0.15) is 0 Å². The van der Waals surface area contributed by atoms with Crippen LogP contribution in [-0.2, 0) is 12.8 Å². The van der Waals surface area contributed by atoms with Crippen molar-refractivity contribution in [1.29, 1.82) is 0 Å².